The second-order valence-corrected chi connectivity index (χ2v) is 5.86. The highest BCUT2D eigenvalue weighted by molar-refractivity contribution is 5.91. The first-order chi connectivity index (χ1) is 10.2. The van der Waals surface area contributed by atoms with Gasteiger partial charge in [-0.25, -0.2) is 0 Å². The summed E-state index contributed by atoms with van der Waals surface area (Å²) >= 11 is 0. The van der Waals surface area contributed by atoms with Gasteiger partial charge in [0, 0.05) is 11.4 Å². The van der Waals surface area contributed by atoms with Gasteiger partial charge in [0.1, 0.15) is 0 Å². The molecule has 0 bridgehead atoms. The average molecular weight is 290 g/mol. The van der Waals surface area contributed by atoms with Gasteiger partial charge in [0.2, 0.25) is 5.91 Å². The van der Waals surface area contributed by atoms with E-state index in [0.29, 0.717) is 24.8 Å². The van der Waals surface area contributed by atoms with E-state index in [9.17, 15) is 4.79 Å². The normalized spacial score (nSPS) is 22.0. The number of hydrogen-bond donors (Lipinski definition) is 2. The standard InChI is InChI=1S/C17H26N2O2/c1-2-13-5-3-8-16(11-13)21-10-9-17(20)19-15-7-4-6-14(18)12-15/h4,6-7,12-13,16H,2-3,5,8-11,18H2,1H3,(H,19,20). The van der Waals surface area contributed by atoms with Crippen molar-refractivity contribution in [3.8, 4) is 0 Å². The van der Waals surface area contributed by atoms with Gasteiger partial charge < -0.3 is 15.8 Å². The molecule has 4 nitrogen and oxygen atoms in total. The van der Waals surface area contributed by atoms with Gasteiger partial charge in [0.25, 0.3) is 0 Å². The van der Waals surface area contributed by atoms with Gasteiger partial charge in [-0.1, -0.05) is 32.3 Å². The molecule has 2 unspecified atom stereocenters. The number of carbonyl (C=O) groups is 1. The van der Waals surface area contributed by atoms with E-state index in [1.807, 2.05) is 12.1 Å². The molecule has 4 heteroatoms. The highest BCUT2D eigenvalue weighted by Gasteiger charge is 2.21. The maximum Gasteiger partial charge on any atom is 0.226 e. The second-order valence-electron chi connectivity index (χ2n) is 5.86. The first kappa shape index (κ1) is 15.8. The number of nitrogens with two attached hydrogens (primary N) is 1. The molecule has 1 fully saturated rings. The predicted molar refractivity (Wildman–Crippen MR) is 86.1 cm³/mol. The predicted octanol–water partition coefficient (Wildman–Crippen LogP) is 3.58. The molecule has 116 valence electrons. The third-order valence-corrected chi connectivity index (χ3v) is 4.17. The molecule has 3 N–H and O–H groups in total. The van der Waals surface area contributed by atoms with Gasteiger partial charge in [-0.15, -0.1) is 0 Å². The van der Waals surface area contributed by atoms with Gasteiger partial charge in [-0.3, -0.25) is 4.79 Å². The van der Waals surface area contributed by atoms with Gasteiger partial charge in [0.15, 0.2) is 0 Å². The third-order valence-electron chi connectivity index (χ3n) is 4.17. The minimum Gasteiger partial charge on any atom is -0.399 e. The van der Waals surface area contributed by atoms with Crippen LogP contribution in [0.2, 0.25) is 0 Å². The maximum absolute atomic E-state index is 11.9. The van der Waals surface area contributed by atoms with E-state index in [1.165, 1.54) is 19.3 Å². The van der Waals surface area contributed by atoms with Crippen LogP contribution in [0.25, 0.3) is 0 Å². The Kier molecular flexibility index (Phi) is 6.05. The van der Waals surface area contributed by atoms with E-state index in [-0.39, 0.29) is 5.91 Å². The van der Waals surface area contributed by atoms with Crippen molar-refractivity contribution in [2.75, 3.05) is 17.7 Å². The van der Waals surface area contributed by atoms with Crippen LogP contribution in [-0.4, -0.2) is 18.6 Å². The van der Waals surface area contributed by atoms with Crippen molar-refractivity contribution in [3.05, 3.63) is 24.3 Å². The van der Waals surface area contributed by atoms with Gasteiger partial charge in [-0.05, 0) is 37.0 Å². The van der Waals surface area contributed by atoms with Crippen LogP contribution in [0.15, 0.2) is 24.3 Å². The Morgan fingerprint density at radius 3 is 3.05 bits per heavy atom. The van der Waals surface area contributed by atoms with Crippen LogP contribution < -0.4 is 11.1 Å². The summed E-state index contributed by atoms with van der Waals surface area (Å²) in [5, 5.41) is 2.84. The summed E-state index contributed by atoms with van der Waals surface area (Å²) in [5.41, 5.74) is 7.07. The lowest BCUT2D eigenvalue weighted by Gasteiger charge is -2.28. The van der Waals surface area contributed by atoms with Gasteiger partial charge in [0.05, 0.1) is 19.1 Å². The smallest absolute Gasteiger partial charge is 0.226 e. The zero-order valence-electron chi connectivity index (χ0n) is 12.8. The highest BCUT2D eigenvalue weighted by Crippen LogP contribution is 2.28. The van der Waals surface area contributed by atoms with Crippen molar-refractivity contribution in [1.82, 2.24) is 0 Å². The van der Waals surface area contributed by atoms with E-state index >= 15 is 0 Å². The SMILES string of the molecule is CCC1CCCC(OCCC(=O)Nc2cccc(N)c2)C1. The quantitative estimate of drug-likeness (QED) is 0.787. The number of nitrogens with one attached hydrogen (secondary N) is 1. The number of anilines is 2. The van der Waals surface area contributed by atoms with E-state index in [2.05, 4.69) is 12.2 Å². The molecular formula is C17H26N2O2. The topological polar surface area (TPSA) is 64.3 Å². The lowest BCUT2D eigenvalue weighted by atomic mass is 9.85. The van der Waals surface area contributed by atoms with Crippen molar-refractivity contribution in [2.45, 2.75) is 51.6 Å². The molecule has 0 aromatic heterocycles. The minimum absolute atomic E-state index is 0.0246. The molecule has 0 radical (unpaired) electrons. The molecule has 21 heavy (non-hydrogen) atoms. The lowest BCUT2D eigenvalue weighted by Crippen LogP contribution is -2.24. The van der Waals surface area contributed by atoms with Gasteiger partial charge in [-0.2, -0.15) is 0 Å². The van der Waals surface area contributed by atoms with E-state index in [4.69, 9.17) is 10.5 Å². The Morgan fingerprint density at radius 2 is 2.29 bits per heavy atom. The Labute approximate surface area is 127 Å². The zero-order valence-corrected chi connectivity index (χ0v) is 12.8. The maximum atomic E-state index is 11.9. The number of benzene rings is 1. The molecule has 1 aliphatic rings. The van der Waals surface area contributed by atoms with Crippen molar-refractivity contribution in [2.24, 2.45) is 5.92 Å². The van der Waals surface area contributed by atoms with Crippen molar-refractivity contribution >= 4 is 17.3 Å². The van der Waals surface area contributed by atoms with Crippen molar-refractivity contribution in [1.29, 1.82) is 0 Å². The van der Waals surface area contributed by atoms with E-state index < -0.39 is 0 Å². The largest absolute Gasteiger partial charge is 0.399 e. The Bertz CT molecular complexity index is 462. The summed E-state index contributed by atoms with van der Waals surface area (Å²) in [6.07, 6.45) is 6.81. The number of carbonyl (C=O) groups excluding carboxylic acids is 1. The zero-order chi connectivity index (χ0) is 15.1. The molecule has 1 aliphatic carbocycles. The summed E-state index contributed by atoms with van der Waals surface area (Å²) in [6, 6.07) is 7.22. The molecule has 1 aromatic carbocycles. The number of ether oxygens (including phenoxy) is 1. The fourth-order valence-electron chi connectivity index (χ4n) is 2.92. The summed E-state index contributed by atoms with van der Waals surface area (Å²) in [7, 11) is 0. The van der Waals surface area contributed by atoms with Gasteiger partial charge >= 0.3 is 0 Å². The number of rotatable bonds is 6. The molecule has 1 saturated carbocycles. The van der Waals surface area contributed by atoms with Crippen LogP contribution in [0.4, 0.5) is 11.4 Å². The third kappa shape index (κ3) is 5.38. The first-order valence-electron chi connectivity index (χ1n) is 7.94. The Balaban J connectivity index is 1.67. The molecule has 1 amide bonds. The van der Waals surface area contributed by atoms with Crippen LogP contribution in [0.1, 0.15) is 45.4 Å². The van der Waals surface area contributed by atoms with Crippen LogP contribution in [0.5, 0.6) is 0 Å². The molecule has 2 atom stereocenters. The average Bonchev–Trinajstić information content (AvgIpc) is 2.47. The van der Waals surface area contributed by atoms with Crippen LogP contribution in [0, 0.1) is 5.92 Å². The molecule has 0 aliphatic heterocycles. The number of amides is 1. The molecule has 1 aromatic rings. The number of nitrogen functional groups attached to an aromatic ring is 1. The second kappa shape index (κ2) is 8.03. The fraction of sp³-hybridized carbons (Fsp3) is 0.588. The Hall–Kier alpha value is -1.55. The minimum atomic E-state index is -0.0246. The summed E-state index contributed by atoms with van der Waals surface area (Å²) in [6.45, 7) is 2.74. The molecule has 0 saturated heterocycles. The van der Waals surface area contributed by atoms with E-state index in [1.54, 1.807) is 12.1 Å². The summed E-state index contributed by atoms with van der Waals surface area (Å²) < 4.78 is 5.86. The molecule has 2 rings (SSSR count). The fourth-order valence-corrected chi connectivity index (χ4v) is 2.92. The highest BCUT2D eigenvalue weighted by atomic mass is 16.5. The van der Waals surface area contributed by atoms with E-state index in [0.717, 1.165) is 24.4 Å². The molecular weight excluding hydrogens is 264 g/mol. The van der Waals surface area contributed by atoms with Crippen LogP contribution in [-0.2, 0) is 9.53 Å². The molecule has 0 spiro atoms. The van der Waals surface area contributed by atoms with Crippen LogP contribution in [0.3, 0.4) is 0 Å². The first-order valence-corrected chi connectivity index (χ1v) is 7.94. The number of hydrogen-bond acceptors (Lipinski definition) is 3. The van der Waals surface area contributed by atoms with Crippen molar-refractivity contribution in [3.63, 3.8) is 0 Å². The summed E-state index contributed by atoms with van der Waals surface area (Å²) in [5.74, 6) is 0.772. The Morgan fingerprint density at radius 1 is 1.43 bits per heavy atom. The lowest BCUT2D eigenvalue weighted by molar-refractivity contribution is -0.118. The van der Waals surface area contributed by atoms with Crippen molar-refractivity contribution < 1.29 is 9.53 Å². The monoisotopic (exact) mass is 290 g/mol. The van der Waals surface area contributed by atoms with Crippen LogP contribution >= 0.6 is 0 Å². The molecule has 0 heterocycles. The summed E-state index contributed by atoms with van der Waals surface area (Å²) in [4.78, 5) is 11.9.